The number of hydrogen-bond donors (Lipinski definition) is 4. The summed E-state index contributed by atoms with van der Waals surface area (Å²) in [5, 5.41) is 19.8. The summed E-state index contributed by atoms with van der Waals surface area (Å²) in [6.07, 6.45) is 3.08. The van der Waals surface area contributed by atoms with E-state index in [2.05, 4.69) is 20.8 Å². The number of carbonyl (C=O) groups is 2. The number of ether oxygens (including phenoxy) is 1. The number of carbonyl (C=O) groups excluding carboxylic acids is 2. The minimum atomic E-state index is -2.64. The Kier molecular flexibility index (Phi) is 7.82. The highest BCUT2D eigenvalue weighted by Gasteiger charge is 2.43. The summed E-state index contributed by atoms with van der Waals surface area (Å²) in [5.41, 5.74) is 7.14. The number of halogens is 1. The molecular weight excluding hydrogens is 481 g/mol. The molecule has 10 nitrogen and oxygen atoms in total. The number of hydrogen-bond acceptors (Lipinski definition) is 8. The van der Waals surface area contributed by atoms with Crippen LogP contribution in [0.5, 0.6) is 5.75 Å². The van der Waals surface area contributed by atoms with E-state index in [4.69, 9.17) is 15.3 Å². The van der Waals surface area contributed by atoms with Crippen LogP contribution < -0.4 is 21.1 Å². The quantitative estimate of drug-likeness (QED) is 0.388. The van der Waals surface area contributed by atoms with E-state index in [1.165, 1.54) is 6.92 Å². The van der Waals surface area contributed by atoms with Crippen LogP contribution >= 0.6 is 0 Å². The Bertz CT molecular complexity index is 1140. The van der Waals surface area contributed by atoms with E-state index in [-0.39, 0.29) is 35.7 Å². The minimum absolute atomic E-state index is 0.0694. The van der Waals surface area contributed by atoms with Gasteiger partial charge in [0.05, 0.1) is 12.8 Å². The number of nitrogens with two attached hydrogens (primary N) is 1. The van der Waals surface area contributed by atoms with Crippen LogP contribution in [0.2, 0.25) is 0 Å². The molecule has 11 heteroatoms. The molecule has 1 aromatic rings. The highest BCUT2D eigenvalue weighted by Crippen LogP contribution is 2.40. The second-order valence-corrected chi connectivity index (χ2v) is 9.98. The first-order valence-corrected chi connectivity index (χ1v) is 12.5. The number of aliphatic hydroxyl groups excluding tert-OH is 1. The number of rotatable bonds is 8. The Morgan fingerprint density at radius 2 is 2.19 bits per heavy atom. The van der Waals surface area contributed by atoms with Gasteiger partial charge in [-0.25, -0.2) is 9.38 Å². The van der Waals surface area contributed by atoms with Gasteiger partial charge in [0.25, 0.3) is 5.91 Å². The first kappa shape index (κ1) is 26.6. The molecule has 2 amide bonds. The van der Waals surface area contributed by atoms with Crippen molar-refractivity contribution < 1.29 is 28.7 Å². The molecule has 2 unspecified atom stereocenters. The van der Waals surface area contributed by atoms with Crippen molar-refractivity contribution in [2.75, 3.05) is 7.11 Å². The number of nitrogens with one attached hydrogen (secondary N) is 2. The summed E-state index contributed by atoms with van der Waals surface area (Å²) >= 11 is 0. The summed E-state index contributed by atoms with van der Waals surface area (Å²) in [5.74, 6) is -2.99. The summed E-state index contributed by atoms with van der Waals surface area (Å²) in [6, 6.07) is 7.80. The average Bonchev–Trinajstić information content (AvgIpc) is 3.34. The zero-order chi connectivity index (χ0) is 26.7. The zero-order valence-corrected chi connectivity index (χ0v) is 21.2. The third-order valence-corrected chi connectivity index (χ3v) is 7.21. The Hall–Kier alpha value is -3.47. The Morgan fingerprint density at radius 3 is 2.89 bits per heavy atom. The van der Waals surface area contributed by atoms with Gasteiger partial charge in [-0.3, -0.25) is 9.59 Å². The first-order valence-electron chi connectivity index (χ1n) is 12.5. The molecule has 0 bridgehead atoms. The van der Waals surface area contributed by atoms with Crippen LogP contribution in [0.4, 0.5) is 4.39 Å². The fourth-order valence-electron chi connectivity index (χ4n) is 5.36. The van der Waals surface area contributed by atoms with Gasteiger partial charge in [-0.1, -0.05) is 17.3 Å². The molecule has 5 N–H and O–H groups in total. The molecule has 37 heavy (non-hydrogen) atoms. The molecule has 1 fully saturated rings. The lowest BCUT2D eigenvalue weighted by atomic mass is 9.71. The Labute approximate surface area is 215 Å². The predicted octanol–water partition coefficient (Wildman–Crippen LogP) is 1.72. The van der Waals surface area contributed by atoms with E-state index >= 15 is 0 Å². The fraction of sp³-hybridized carbons (Fsp3) is 0.538. The molecule has 0 spiro atoms. The number of methoxy groups -OCH3 is 1. The highest BCUT2D eigenvalue weighted by atomic mass is 19.1. The highest BCUT2D eigenvalue weighted by molar-refractivity contribution is 6.06. The number of amidine groups is 1. The molecule has 1 saturated carbocycles. The molecule has 0 radical (unpaired) electrons. The van der Waals surface area contributed by atoms with Crippen LogP contribution in [0.25, 0.3) is 0 Å². The largest absolute Gasteiger partial charge is 0.497 e. The fourth-order valence-corrected chi connectivity index (χ4v) is 5.36. The number of nitrogens with zero attached hydrogens (tertiary/aromatic N) is 2. The average molecular weight is 516 g/mol. The van der Waals surface area contributed by atoms with Gasteiger partial charge in [-0.15, -0.1) is 0 Å². The molecule has 3 aliphatic rings. The van der Waals surface area contributed by atoms with E-state index in [9.17, 15) is 19.1 Å². The normalized spacial score (nSPS) is 30.1. The summed E-state index contributed by atoms with van der Waals surface area (Å²) in [6.45, 7) is 3.00. The second-order valence-electron chi connectivity index (χ2n) is 9.98. The van der Waals surface area contributed by atoms with Crippen molar-refractivity contribution in [1.29, 1.82) is 0 Å². The van der Waals surface area contributed by atoms with Gasteiger partial charge in [0.1, 0.15) is 29.5 Å². The van der Waals surface area contributed by atoms with E-state index in [0.717, 1.165) is 36.7 Å². The van der Waals surface area contributed by atoms with Crippen molar-refractivity contribution in [1.82, 2.24) is 10.6 Å². The molecule has 4 rings (SSSR count). The molecule has 0 aromatic heterocycles. The lowest BCUT2D eigenvalue weighted by molar-refractivity contribution is -0.129. The monoisotopic (exact) mass is 515 g/mol. The molecule has 2 heterocycles. The van der Waals surface area contributed by atoms with Crippen LogP contribution in [-0.2, 0) is 20.8 Å². The van der Waals surface area contributed by atoms with Crippen molar-refractivity contribution in [3.05, 3.63) is 41.6 Å². The van der Waals surface area contributed by atoms with Crippen molar-refractivity contribution in [2.45, 2.75) is 70.0 Å². The lowest BCUT2D eigenvalue weighted by Crippen LogP contribution is -2.46. The standard InChI is InChI=1S/C26H34FN5O5/c1-14(33)24(34)30-18-7-8-20(17(11-18)9-16-5-4-6-19(10-16)36-3)23-12-21(32-37-23)22-13-26(27,25(28)35)31-15(2)29-22/h4-6,10,13-14,17-18,20,23,33H,7-9,11-12H2,1-3H3,(H2,28,35)(H,29,31)(H,30,34)/t14-,17?,18-,20-,23-,26?/m0/s1. The molecule has 6 atom stereocenters. The smallest absolute Gasteiger partial charge is 0.300 e. The van der Waals surface area contributed by atoms with Gasteiger partial charge in [0.2, 0.25) is 5.91 Å². The number of amides is 2. The minimum Gasteiger partial charge on any atom is -0.497 e. The maximum Gasteiger partial charge on any atom is 0.300 e. The van der Waals surface area contributed by atoms with Crippen molar-refractivity contribution in [3.63, 3.8) is 0 Å². The van der Waals surface area contributed by atoms with Gasteiger partial charge in [-0.05, 0) is 63.1 Å². The van der Waals surface area contributed by atoms with Gasteiger partial charge < -0.3 is 31.0 Å². The van der Waals surface area contributed by atoms with Crippen LogP contribution in [0, 0.1) is 11.8 Å². The summed E-state index contributed by atoms with van der Waals surface area (Å²) in [4.78, 5) is 33.3. The summed E-state index contributed by atoms with van der Waals surface area (Å²) < 4.78 is 20.3. The van der Waals surface area contributed by atoms with Crippen LogP contribution in [0.15, 0.2) is 46.2 Å². The van der Waals surface area contributed by atoms with Gasteiger partial charge >= 0.3 is 5.79 Å². The van der Waals surface area contributed by atoms with E-state index in [0.29, 0.717) is 24.3 Å². The van der Waals surface area contributed by atoms with Gasteiger partial charge in [0.15, 0.2) is 0 Å². The van der Waals surface area contributed by atoms with Crippen molar-refractivity contribution >= 4 is 23.4 Å². The van der Waals surface area contributed by atoms with E-state index in [1.807, 2.05) is 24.3 Å². The number of alkyl halides is 1. The van der Waals surface area contributed by atoms with Gasteiger partial charge in [-0.2, -0.15) is 0 Å². The third-order valence-electron chi connectivity index (χ3n) is 7.21. The van der Waals surface area contributed by atoms with E-state index < -0.39 is 17.8 Å². The number of allylic oxidation sites excluding steroid dienone is 1. The molecule has 0 saturated heterocycles. The SMILES string of the molecule is COc1cccc(CC2C[C@@H](NC(=O)[C@H](C)O)CC[C@@H]2[C@@H]2CC(C3=CC(F)(C(N)=O)N=C(C)N3)=NO2)c1. The number of aliphatic imine (C=N–C) groups is 1. The zero-order valence-electron chi connectivity index (χ0n) is 21.2. The molecule has 2 aliphatic heterocycles. The number of benzene rings is 1. The second kappa shape index (κ2) is 10.9. The number of primary amides is 1. The predicted molar refractivity (Wildman–Crippen MR) is 135 cm³/mol. The molecular formula is C26H34FN5O5. The third kappa shape index (κ3) is 6.10. The van der Waals surface area contributed by atoms with Crippen LogP contribution in [0.3, 0.4) is 0 Å². The molecule has 1 aliphatic carbocycles. The number of oxime groups is 1. The molecule has 200 valence electrons. The Morgan fingerprint density at radius 1 is 1.41 bits per heavy atom. The van der Waals surface area contributed by atoms with Crippen molar-refractivity contribution in [3.8, 4) is 5.75 Å². The number of aliphatic hydroxyl groups is 1. The van der Waals surface area contributed by atoms with Crippen LogP contribution in [0.1, 0.15) is 45.1 Å². The van der Waals surface area contributed by atoms with Crippen LogP contribution in [-0.4, -0.2) is 59.6 Å². The van der Waals surface area contributed by atoms with E-state index in [1.54, 1.807) is 14.0 Å². The maximum absolute atomic E-state index is 14.9. The lowest BCUT2D eigenvalue weighted by Gasteiger charge is -2.38. The summed E-state index contributed by atoms with van der Waals surface area (Å²) in [7, 11) is 1.63. The van der Waals surface area contributed by atoms with Gasteiger partial charge in [0, 0.05) is 24.5 Å². The Balaban J connectivity index is 1.51. The molecule has 1 aromatic carbocycles. The topological polar surface area (TPSA) is 148 Å². The van der Waals surface area contributed by atoms with Crippen molar-refractivity contribution in [2.24, 2.45) is 27.7 Å². The first-order chi connectivity index (χ1) is 17.6. The maximum atomic E-state index is 14.9.